The highest BCUT2D eigenvalue weighted by atomic mass is 35.5. The lowest BCUT2D eigenvalue weighted by Gasteiger charge is -2.30. The average Bonchev–Trinajstić information content (AvgIpc) is 2.67. The lowest BCUT2D eigenvalue weighted by atomic mass is 9.80. The van der Waals surface area contributed by atoms with Gasteiger partial charge in [-0.1, -0.05) is 60.1 Å². The minimum absolute atomic E-state index is 0.0427. The summed E-state index contributed by atoms with van der Waals surface area (Å²) in [4.78, 5) is 12.8. The van der Waals surface area contributed by atoms with Gasteiger partial charge in [-0.15, -0.1) is 0 Å². The van der Waals surface area contributed by atoms with E-state index in [1.54, 1.807) is 13.0 Å². The number of nitrogens with two attached hydrogens (primary N) is 1. The minimum Gasteiger partial charge on any atom is -0.462 e. The van der Waals surface area contributed by atoms with E-state index >= 15 is 0 Å². The fraction of sp³-hybridized carbons (Fsp3) is 0.136. The van der Waals surface area contributed by atoms with Crippen LogP contribution in [0.4, 0.5) is 0 Å². The number of esters is 1. The average molecular weight is 380 g/mol. The van der Waals surface area contributed by atoms with Crippen LogP contribution in [0.2, 0.25) is 5.02 Å². The highest BCUT2D eigenvalue weighted by Gasteiger charge is 2.37. The molecule has 0 radical (unpaired) electrons. The summed E-state index contributed by atoms with van der Waals surface area (Å²) < 4.78 is 11.1. The van der Waals surface area contributed by atoms with E-state index in [1.165, 1.54) is 0 Å². The minimum atomic E-state index is -0.501. The summed E-state index contributed by atoms with van der Waals surface area (Å²) >= 11 is 6.51. The summed E-state index contributed by atoms with van der Waals surface area (Å²) in [6.07, 6.45) is 0. The first-order valence-electron chi connectivity index (χ1n) is 8.72. The Kier molecular flexibility index (Phi) is 4.50. The van der Waals surface area contributed by atoms with Gasteiger partial charge in [0.1, 0.15) is 11.3 Å². The topological polar surface area (TPSA) is 61.5 Å². The largest absolute Gasteiger partial charge is 0.462 e. The van der Waals surface area contributed by atoms with Gasteiger partial charge in [0.15, 0.2) is 0 Å². The third-order valence-electron chi connectivity index (χ3n) is 4.70. The Labute approximate surface area is 162 Å². The van der Waals surface area contributed by atoms with Crippen LogP contribution in [-0.4, -0.2) is 12.6 Å². The smallest absolute Gasteiger partial charge is 0.340 e. The molecule has 0 aliphatic carbocycles. The number of rotatable bonds is 3. The van der Waals surface area contributed by atoms with Gasteiger partial charge < -0.3 is 15.2 Å². The normalized spacial score (nSPS) is 16.0. The van der Waals surface area contributed by atoms with Crippen molar-refractivity contribution < 1.29 is 14.3 Å². The highest BCUT2D eigenvalue weighted by molar-refractivity contribution is 6.31. The number of benzene rings is 3. The number of carbonyl (C=O) groups excluding carboxylic acids is 1. The molecule has 1 atom stereocenters. The molecular weight excluding hydrogens is 362 g/mol. The molecule has 0 saturated carbocycles. The van der Waals surface area contributed by atoms with E-state index in [-0.39, 0.29) is 18.1 Å². The summed E-state index contributed by atoms with van der Waals surface area (Å²) in [5, 5.41) is 2.58. The third kappa shape index (κ3) is 2.92. The lowest BCUT2D eigenvalue weighted by molar-refractivity contribution is -0.139. The highest BCUT2D eigenvalue weighted by Crippen LogP contribution is 2.47. The molecule has 0 saturated heterocycles. The van der Waals surface area contributed by atoms with Crippen LogP contribution in [0, 0.1) is 0 Å². The molecule has 27 heavy (non-hydrogen) atoms. The molecule has 2 N–H and O–H groups in total. The summed E-state index contributed by atoms with van der Waals surface area (Å²) in [5.41, 5.74) is 8.08. The lowest BCUT2D eigenvalue weighted by Crippen LogP contribution is -2.27. The van der Waals surface area contributed by atoms with Gasteiger partial charge in [-0.25, -0.2) is 4.79 Å². The second-order valence-corrected chi connectivity index (χ2v) is 6.66. The molecule has 1 aliphatic rings. The number of halogens is 1. The fourth-order valence-corrected chi connectivity index (χ4v) is 3.81. The van der Waals surface area contributed by atoms with Crippen LogP contribution in [0.5, 0.6) is 5.75 Å². The zero-order chi connectivity index (χ0) is 19.0. The van der Waals surface area contributed by atoms with Gasteiger partial charge >= 0.3 is 5.97 Å². The van der Waals surface area contributed by atoms with Crippen molar-refractivity contribution in [1.82, 2.24) is 0 Å². The number of carbonyl (C=O) groups is 1. The van der Waals surface area contributed by atoms with Gasteiger partial charge in [-0.3, -0.25) is 0 Å². The van der Waals surface area contributed by atoms with E-state index < -0.39 is 11.9 Å². The number of hydrogen-bond acceptors (Lipinski definition) is 4. The predicted molar refractivity (Wildman–Crippen MR) is 106 cm³/mol. The Morgan fingerprint density at radius 1 is 1.11 bits per heavy atom. The molecule has 0 aromatic heterocycles. The van der Waals surface area contributed by atoms with Crippen molar-refractivity contribution >= 4 is 28.3 Å². The summed E-state index contributed by atoms with van der Waals surface area (Å²) in [6.45, 7) is 2.00. The van der Waals surface area contributed by atoms with E-state index in [0.717, 1.165) is 21.9 Å². The summed E-state index contributed by atoms with van der Waals surface area (Å²) in [7, 11) is 0. The maximum absolute atomic E-state index is 12.8. The van der Waals surface area contributed by atoms with E-state index in [2.05, 4.69) is 0 Å². The predicted octanol–water partition coefficient (Wildman–Crippen LogP) is 4.75. The molecule has 0 bridgehead atoms. The zero-order valence-electron chi connectivity index (χ0n) is 14.7. The van der Waals surface area contributed by atoms with Crippen molar-refractivity contribution in [3.8, 4) is 5.75 Å². The van der Waals surface area contributed by atoms with Crippen molar-refractivity contribution in [3.05, 3.63) is 88.3 Å². The second-order valence-electron chi connectivity index (χ2n) is 6.25. The van der Waals surface area contributed by atoms with Crippen LogP contribution in [0.1, 0.15) is 24.0 Å². The van der Waals surface area contributed by atoms with Gasteiger partial charge in [-0.2, -0.15) is 0 Å². The van der Waals surface area contributed by atoms with E-state index in [9.17, 15) is 4.79 Å². The Hall–Kier alpha value is -2.98. The van der Waals surface area contributed by atoms with Crippen molar-refractivity contribution in [1.29, 1.82) is 0 Å². The molecule has 1 aliphatic heterocycles. The number of ether oxygens (including phenoxy) is 2. The number of fused-ring (bicyclic) bond motifs is 3. The Balaban J connectivity index is 2.05. The Bertz CT molecular complexity index is 1070. The van der Waals surface area contributed by atoms with Gasteiger partial charge in [-0.05, 0) is 35.4 Å². The van der Waals surface area contributed by atoms with Crippen LogP contribution in [0.25, 0.3) is 10.8 Å². The molecule has 4 rings (SSSR count). The van der Waals surface area contributed by atoms with E-state index in [1.807, 2.05) is 54.6 Å². The molecule has 0 amide bonds. The Morgan fingerprint density at radius 2 is 1.85 bits per heavy atom. The van der Waals surface area contributed by atoms with Crippen molar-refractivity contribution in [2.24, 2.45) is 5.73 Å². The van der Waals surface area contributed by atoms with Gasteiger partial charge in [0.05, 0.1) is 12.5 Å². The van der Waals surface area contributed by atoms with Gasteiger partial charge in [0.25, 0.3) is 0 Å². The van der Waals surface area contributed by atoms with Crippen LogP contribution < -0.4 is 10.5 Å². The molecule has 136 valence electrons. The monoisotopic (exact) mass is 379 g/mol. The summed E-state index contributed by atoms with van der Waals surface area (Å²) in [6, 6.07) is 19.2. The molecule has 0 fully saturated rings. The molecular formula is C22H18ClNO3. The zero-order valence-corrected chi connectivity index (χ0v) is 15.5. The SMILES string of the molecule is CCOC(=O)C1=C(N)Oc2ccc3ccccc3c2C1c1ccccc1Cl. The van der Waals surface area contributed by atoms with Gasteiger partial charge in [0.2, 0.25) is 5.88 Å². The summed E-state index contributed by atoms with van der Waals surface area (Å²) in [5.74, 6) is -0.323. The first kappa shape index (κ1) is 17.4. The molecule has 3 aromatic carbocycles. The van der Waals surface area contributed by atoms with Gasteiger partial charge in [0, 0.05) is 10.6 Å². The van der Waals surface area contributed by atoms with Crippen LogP contribution in [0.15, 0.2) is 72.1 Å². The van der Waals surface area contributed by atoms with Crippen molar-refractivity contribution in [3.63, 3.8) is 0 Å². The Morgan fingerprint density at radius 3 is 2.63 bits per heavy atom. The molecule has 1 heterocycles. The fourth-order valence-electron chi connectivity index (χ4n) is 3.57. The molecule has 0 spiro atoms. The first-order valence-corrected chi connectivity index (χ1v) is 9.10. The van der Waals surface area contributed by atoms with E-state index in [0.29, 0.717) is 10.8 Å². The number of hydrogen-bond donors (Lipinski definition) is 1. The maximum Gasteiger partial charge on any atom is 0.340 e. The van der Waals surface area contributed by atoms with Crippen LogP contribution >= 0.6 is 11.6 Å². The van der Waals surface area contributed by atoms with Crippen LogP contribution in [0.3, 0.4) is 0 Å². The van der Waals surface area contributed by atoms with E-state index in [4.69, 9.17) is 26.8 Å². The maximum atomic E-state index is 12.8. The molecule has 3 aromatic rings. The molecule has 5 heteroatoms. The van der Waals surface area contributed by atoms with Crippen LogP contribution in [-0.2, 0) is 9.53 Å². The first-order chi connectivity index (χ1) is 13.1. The molecule has 1 unspecified atom stereocenters. The van der Waals surface area contributed by atoms with Crippen molar-refractivity contribution in [2.45, 2.75) is 12.8 Å². The second kappa shape index (κ2) is 6.97. The standard InChI is InChI=1S/C22H18ClNO3/c1-2-26-22(25)20-19(15-9-5-6-10-16(15)23)18-14-8-4-3-7-13(14)11-12-17(18)27-21(20)24/h3-12,19H,2,24H2,1H3. The third-order valence-corrected chi connectivity index (χ3v) is 5.05. The van der Waals surface area contributed by atoms with Crippen molar-refractivity contribution in [2.75, 3.05) is 6.61 Å². The quantitative estimate of drug-likeness (QED) is 0.667. The molecule has 4 nitrogen and oxygen atoms in total.